The van der Waals surface area contributed by atoms with Crippen LogP contribution < -0.4 is 0 Å². The Labute approximate surface area is 92.1 Å². The molecule has 1 aliphatic rings. The van der Waals surface area contributed by atoms with Gasteiger partial charge in [0.15, 0.2) is 0 Å². The van der Waals surface area contributed by atoms with Gasteiger partial charge in [0.05, 0.1) is 0 Å². The van der Waals surface area contributed by atoms with Crippen LogP contribution in [0.2, 0.25) is 0 Å². The lowest BCUT2D eigenvalue weighted by Gasteiger charge is -2.22. The lowest BCUT2D eigenvalue weighted by Crippen LogP contribution is -2.04. The summed E-state index contributed by atoms with van der Waals surface area (Å²) in [5.41, 5.74) is 2.40. The molecule has 1 N–H and O–H groups in total. The summed E-state index contributed by atoms with van der Waals surface area (Å²) in [5, 5.41) is 9.97. The maximum atomic E-state index is 9.97. The summed E-state index contributed by atoms with van der Waals surface area (Å²) in [5.74, 6) is 1.12. The van der Waals surface area contributed by atoms with Gasteiger partial charge in [-0.1, -0.05) is 38.3 Å². The van der Waals surface area contributed by atoms with Crippen LogP contribution in [-0.4, -0.2) is 5.11 Å². The van der Waals surface area contributed by atoms with Crippen LogP contribution in [0.15, 0.2) is 18.2 Å². The van der Waals surface area contributed by atoms with Gasteiger partial charge in [-0.25, -0.2) is 0 Å². The average molecular weight is 204 g/mol. The van der Waals surface area contributed by atoms with Crippen molar-refractivity contribution in [2.75, 3.05) is 0 Å². The predicted molar refractivity (Wildman–Crippen MR) is 63.3 cm³/mol. The number of aromatic hydroxyl groups is 1. The van der Waals surface area contributed by atoms with E-state index >= 15 is 0 Å². The SMILES string of the molecule is CCc1ccc(C2CCCCC2)c(O)c1. The number of aryl methyl sites for hydroxylation is 1. The molecule has 1 nitrogen and oxygen atoms in total. The summed E-state index contributed by atoms with van der Waals surface area (Å²) >= 11 is 0. The van der Waals surface area contributed by atoms with Crippen LogP contribution in [0, 0.1) is 0 Å². The molecule has 1 aromatic carbocycles. The molecule has 0 amide bonds. The van der Waals surface area contributed by atoms with Gasteiger partial charge in [0.25, 0.3) is 0 Å². The monoisotopic (exact) mass is 204 g/mol. The standard InChI is InChI=1S/C14H20O/c1-2-11-8-9-13(14(15)10-11)12-6-4-3-5-7-12/h8-10,12,15H,2-7H2,1H3. The van der Waals surface area contributed by atoms with Crippen molar-refractivity contribution < 1.29 is 5.11 Å². The van der Waals surface area contributed by atoms with Crippen molar-refractivity contribution in [2.45, 2.75) is 51.4 Å². The van der Waals surface area contributed by atoms with Crippen LogP contribution >= 0.6 is 0 Å². The first-order valence-electron chi connectivity index (χ1n) is 6.13. The molecule has 1 heteroatoms. The molecule has 0 unspecified atom stereocenters. The number of rotatable bonds is 2. The van der Waals surface area contributed by atoms with Crippen molar-refractivity contribution in [1.82, 2.24) is 0 Å². The zero-order valence-electron chi connectivity index (χ0n) is 9.50. The molecule has 0 spiro atoms. The molecule has 1 aliphatic carbocycles. The molecule has 82 valence electrons. The van der Waals surface area contributed by atoms with E-state index in [1.165, 1.54) is 43.2 Å². The predicted octanol–water partition coefficient (Wildman–Crippen LogP) is 4.00. The molecule has 1 saturated carbocycles. The molecule has 0 aromatic heterocycles. The third-order valence-electron chi connectivity index (χ3n) is 3.55. The first-order valence-corrected chi connectivity index (χ1v) is 6.13. The third-order valence-corrected chi connectivity index (χ3v) is 3.55. The van der Waals surface area contributed by atoms with E-state index in [-0.39, 0.29) is 0 Å². The molecule has 2 rings (SSSR count). The van der Waals surface area contributed by atoms with Crippen LogP contribution in [0.3, 0.4) is 0 Å². The molecule has 0 radical (unpaired) electrons. The van der Waals surface area contributed by atoms with Gasteiger partial charge in [-0.2, -0.15) is 0 Å². The fourth-order valence-electron chi connectivity index (χ4n) is 2.57. The van der Waals surface area contributed by atoms with E-state index in [9.17, 15) is 5.11 Å². The molecular weight excluding hydrogens is 184 g/mol. The van der Waals surface area contributed by atoms with Crippen molar-refractivity contribution in [3.8, 4) is 5.75 Å². The normalized spacial score (nSPS) is 17.9. The fraction of sp³-hybridized carbons (Fsp3) is 0.571. The highest BCUT2D eigenvalue weighted by atomic mass is 16.3. The largest absolute Gasteiger partial charge is 0.508 e. The first kappa shape index (κ1) is 10.5. The summed E-state index contributed by atoms with van der Waals surface area (Å²) in [6.45, 7) is 2.12. The first-order chi connectivity index (χ1) is 7.31. The van der Waals surface area contributed by atoms with Crippen molar-refractivity contribution in [1.29, 1.82) is 0 Å². The van der Waals surface area contributed by atoms with E-state index in [4.69, 9.17) is 0 Å². The molecule has 0 atom stereocenters. The highest BCUT2D eigenvalue weighted by Crippen LogP contribution is 2.37. The lowest BCUT2D eigenvalue weighted by molar-refractivity contribution is 0.414. The van der Waals surface area contributed by atoms with Gasteiger partial charge in [0.1, 0.15) is 5.75 Å². The number of phenols is 1. The van der Waals surface area contributed by atoms with E-state index in [1.54, 1.807) is 0 Å². The van der Waals surface area contributed by atoms with Crippen LogP contribution in [0.5, 0.6) is 5.75 Å². The van der Waals surface area contributed by atoms with Gasteiger partial charge in [-0.05, 0) is 42.4 Å². The lowest BCUT2D eigenvalue weighted by atomic mass is 9.83. The smallest absolute Gasteiger partial charge is 0.119 e. The Morgan fingerprint density at radius 3 is 2.53 bits per heavy atom. The zero-order valence-corrected chi connectivity index (χ0v) is 9.50. The van der Waals surface area contributed by atoms with Gasteiger partial charge >= 0.3 is 0 Å². The minimum absolute atomic E-state index is 0.515. The highest BCUT2D eigenvalue weighted by Gasteiger charge is 2.18. The van der Waals surface area contributed by atoms with E-state index in [1.807, 2.05) is 6.07 Å². The number of hydrogen-bond acceptors (Lipinski definition) is 1. The molecular formula is C14H20O. The van der Waals surface area contributed by atoms with Crippen LogP contribution in [0.1, 0.15) is 56.1 Å². The zero-order chi connectivity index (χ0) is 10.7. The summed E-state index contributed by atoms with van der Waals surface area (Å²) in [6.07, 6.45) is 7.50. The van der Waals surface area contributed by atoms with Crippen molar-refractivity contribution >= 4 is 0 Å². The summed E-state index contributed by atoms with van der Waals surface area (Å²) in [6, 6.07) is 6.22. The summed E-state index contributed by atoms with van der Waals surface area (Å²) in [7, 11) is 0. The second-order valence-corrected chi connectivity index (χ2v) is 4.58. The van der Waals surface area contributed by atoms with Gasteiger partial charge in [-0.15, -0.1) is 0 Å². The Kier molecular flexibility index (Phi) is 3.30. The third kappa shape index (κ3) is 2.34. The minimum atomic E-state index is 0.515. The molecule has 1 aromatic rings. The second kappa shape index (κ2) is 4.69. The quantitative estimate of drug-likeness (QED) is 0.772. The maximum absolute atomic E-state index is 9.97. The molecule has 0 bridgehead atoms. The van der Waals surface area contributed by atoms with Crippen molar-refractivity contribution in [3.63, 3.8) is 0 Å². The summed E-state index contributed by atoms with van der Waals surface area (Å²) < 4.78 is 0. The Morgan fingerprint density at radius 1 is 1.20 bits per heavy atom. The minimum Gasteiger partial charge on any atom is -0.508 e. The van der Waals surface area contributed by atoms with Gasteiger partial charge in [-0.3, -0.25) is 0 Å². The van der Waals surface area contributed by atoms with Crippen molar-refractivity contribution in [3.05, 3.63) is 29.3 Å². The molecule has 0 aliphatic heterocycles. The maximum Gasteiger partial charge on any atom is 0.119 e. The Bertz CT molecular complexity index is 324. The van der Waals surface area contributed by atoms with E-state index < -0.39 is 0 Å². The van der Waals surface area contributed by atoms with Gasteiger partial charge in [0.2, 0.25) is 0 Å². The Hall–Kier alpha value is -0.980. The fourth-order valence-corrected chi connectivity index (χ4v) is 2.57. The highest BCUT2D eigenvalue weighted by molar-refractivity contribution is 5.39. The summed E-state index contributed by atoms with van der Waals surface area (Å²) in [4.78, 5) is 0. The van der Waals surface area contributed by atoms with E-state index in [0.717, 1.165) is 6.42 Å². The van der Waals surface area contributed by atoms with Crippen LogP contribution in [0.25, 0.3) is 0 Å². The van der Waals surface area contributed by atoms with E-state index in [0.29, 0.717) is 11.7 Å². The molecule has 1 fully saturated rings. The van der Waals surface area contributed by atoms with Gasteiger partial charge < -0.3 is 5.11 Å². The number of hydrogen-bond donors (Lipinski definition) is 1. The molecule has 0 saturated heterocycles. The van der Waals surface area contributed by atoms with Crippen molar-refractivity contribution in [2.24, 2.45) is 0 Å². The molecule has 15 heavy (non-hydrogen) atoms. The Morgan fingerprint density at radius 2 is 1.93 bits per heavy atom. The Balaban J connectivity index is 2.19. The van der Waals surface area contributed by atoms with Gasteiger partial charge in [0, 0.05) is 0 Å². The topological polar surface area (TPSA) is 20.2 Å². The van der Waals surface area contributed by atoms with Crippen LogP contribution in [-0.2, 0) is 6.42 Å². The average Bonchev–Trinajstić information content (AvgIpc) is 2.30. The van der Waals surface area contributed by atoms with Crippen LogP contribution in [0.4, 0.5) is 0 Å². The number of phenolic OH excluding ortho intramolecular Hbond substituents is 1. The number of benzene rings is 1. The molecule has 0 heterocycles. The van der Waals surface area contributed by atoms with E-state index in [2.05, 4.69) is 19.1 Å². The second-order valence-electron chi connectivity index (χ2n) is 4.58.